The zero-order chi connectivity index (χ0) is 24.7. The molecule has 10 nitrogen and oxygen atoms in total. The van der Waals surface area contributed by atoms with Gasteiger partial charge in [-0.15, -0.1) is 23.4 Å². The van der Waals surface area contributed by atoms with Gasteiger partial charge in [0, 0.05) is 24.9 Å². The molecule has 186 valence electrons. The van der Waals surface area contributed by atoms with Crippen LogP contribution in [-0.4, -0.2) is 88.5 Å². The van der Waals surface area contributed by atoms with Crippen molar-refractivity contribution in [2.75, 3.05) is 19.7 Å². The first-order valence-electron chi connectivity index (χ1n) is 11.9. The van der Waals surface area contributed by atoms with Crippen molar-refractivity contribution in [1.82, 2.24) is 24.8 Å². The SMILES string of the molecule is C=CCN(Cn1nnc2ccccc21)C(=O)C1N(CCCCO)C(=O)[C@@H]2[C@@H](C(=O)O)[C@H]3CCC12S3. The molecule has 5 rings (SSSR count). The topological polar surface area (TPSA) is 129 Å². The molecule has 1 aromatic carbocycles. The van der Waals surface area contributed by atoms with E-state index in [0.717, 1.165) is 5.52 Å². The second-order valence-electron chi connectivity index (χ2n) is 9.42. The largest absolute Gasteiger partial charge is 0.481 e. The summed E-state index contributed by atoms with van der Waals surface area (Å²) in [4.78, 5) is 43.2. The molecular weight excluding hydrogens is 470 g/mol. The normalized spacial score (nSPS) is 29.1. The number of hydrogen-bond acceptors (Lipinski definition) is 7. The highest BCUT2D eigenvalue weighted by atomic mass is 32.2. The minimum absolute atomic E-state index is 0.00818. The van der Waals surface area contributed by atoms with Crippen molar-refractivity contribution < 1.29 is 24.6 Å². The van der Waals surface area contributed by atoms with Crippen molar-refractivity contribution in [3.63, 3.8) is 0 Å². The van der Waals surface area contributed by atoms with Gasteiger partial charge in [-0.1, -0.05) is 23.4 Å². The third kappa shape index (κ3) is 3.72. The number of aromatic nitrogens is 3. The zero-order valence-electron chi connectivity index (χ0n) is 19.3. The predicted octanol–water partition coefficient (Wildman–Crippen LogP) is 1.35. The van der Waals surface area contributed by atoms with Crippen molar-refractivity contribution in [3.05, 3.63) is 36.9 Å². The summed E-state index contributed by atoms with van der Waals surface area (Å²) in [6, 6.07) is 6.71. The van der Waals surface area contributed by atoms with Crippen LogP contribution in [0.2, 0.25) is 0 Å². The number of fused-ring (bicyclic) bond motifs is 2. The number of hydrogen-bond donors (Lipinski definition) is 2. The quantitative estimate of drug-likeness (QED) is 0.370. The number of benzene rings is 1. The Kier molecular flexibility index (Phi) is 6.30. The van der Waals surface area contributed by atoms with Crippen LogP contribution in [0.4, 0.5) is 0 Å². The smallest absolute Gasteiger partial charge is 0.308 e. The molecule has 0 radical (unpaired) electrons. The van der Waals surface area contributed by atoms with Crippen LogP contribution in [0.15, 0.2) is 36.9 Å². The molecule has 2 amide bonds. The molecule has 2 unspecified atom stereocenters. The summed E-state index contributed by atoms with van der Waals surface area (Å²) >= 11 is 1.51. The van der Waals surface area contributed by atoms with Gasteiger partial charge in [0.25, 0.3) is 0 Å². The monoisotopic (exact) mass is 499 g/mol. The van der Waals surface area contributed by atoms with Crippen molar-refractivity contribution in [1.29, 1.82) is 0 Å². The van der Waals surface area contributed by atoms with Crippen LogP contribution in [0, 0.1) is 11.8 Å². The van der Waals surface area contributed by atoms with E-state index in [1.54, 1.807) is 20.6 Å². The molecule has 3 fully saturated rings. The van der Waals surface area contributed by atoms with Gasteiger partial charge in [0.1, 0.15) is 18.2 Å². The first-order valence-corrected chi connectivity index (χ1v) is 12.8. The lowest BCUT2D eigenvalue weighted by atomic mass is 9.71. The van der Waals surface area contributed by atoms with Gasteiger partial charge in [0.2, 0.25) is 11.8 Å². The molecule has 1 aromatic heterocycles. The maximum atomic E-state index is 14.2. The van der Waals surface area contributed by atoms with E-state index in [4.69, 9.17) is 0 Å². The van der Waals surface area contributed by atoms with Crippen LogP contribution in [0.3, 0.4) is 0 Å². The van der Waals surface area contributed by atoms with Crippen LogP contribution >= 0.6 is 11.8 Å². The number of carboxylic acids is 1. The number of nitrogens with zero attached hydrogens (tertiary/aromatic N) is 5. The number of unbranched alkanes of at least 4 members (excludes halogenated alkanes) is 1. The Bertz CT molecular complexity index is 1170. The van der Waals surface area contributed by atoms with Crippen LogP contribution in [-0.2, 0) is 21.1 Å². The lowest BCUT2D eigenvalue weighted by Gasteiger charge is -2.37. The van der Waals surface area contributed by atoms with Gasteiger partial charge in [-0.3, -0.25) is 14.4 Å². The molecular formula is C24H29N5O5S. The van der Waals surface area contributed by atoms with Gasteiger partial charge in [0.05, 0.1) is 22.1 Å². The molecule has 5 atom stereocenters. The summed E-state index contributed by atoms with van der Waals surface area (Å²) < 4.78 is 0.892. The Morgan fingerprint density at radius 1 is 1.31 bits per heavy atom. The number of para-hydroxylation sites is 1. The Morgan fingerprint density at radius 2 is 2.11 bits per heavy atom. The molecule has 2 aromatic rings. The van der Waals surface area contributed by atoms with E-state index in [1.807, 2.05) is 24.3 Å². The maximum Gasteiger partial charge on any atom is 0.308 e. The lowest BCUT2D eigenvalue weighted by molar-refractivity contribution is -0.148. The van der Waals surface area contributed by atoms with Gasteiger partial charge in [0.15, 0.2) is 0 Å². The molecule has 2 N–H and O–H groups in total. The van der Waals surface area contributed by atoms with E-state index in [1.165, 1.54) is 11.8 Å². The summed E-state index contributed by atoms with van der Waals surface area (Å²) in [7, 11) is 0. The maximum absolute atomic E-state index is 14.2. The Morgan fingerprint density at radius 3 is 2.86 bits per heavy atom. The lowest BCUT2D eigenvalue weighted by Crippen LogP contribution is -2.55. The number of amides is 2. The van der Waals surface area contributed by atoms with Gasteiger partial charge in [-0.25, -0.2) is 4.68 Å². The molecule has 11 heteroatoms. The van der Waals surface area contributed by atoms with Crippen LogP contribution in [0.1, 0.15) is 25.7 Å². The number of aliphatic hydroxyl groups is 1. The number of likely N-dealkylation sites (tertiary alicyclic amines) is 1. The second kappa shape index (κ2) is 9.27. The molecule has 3 saturated heterocycles. The van der Waals surface area contributed by atoms with Crippen molar-refractivity contribution in [3.8, 4) is 0 Å². The van der Waals surface area contributed by atoms with Gasteiger partial charge >= 0.3 is 5.97 Å². The minimum atomic E-state index is -0.970. The number of rotatable bonds is 10. The van der Waals surface area contributed by atoms with E-state index >= 15 is 0 Å². The number of carbonyl (C=O) groups is 3. The highest BCUT2D eigenvalue weighted by molar-refractivity contribution is 8.02. The van der Waals surface area contributed by atoms with E-state index in [9.17, 15) is 24.6 Å². The van der Waals surface area contributed by atoms with Gasteiger partial charge in [-0.05, 0) is 37.8 Å². The number of aliphatic hydroxyl groups excluding tert-OH is 1. The Balaban J connectivity index is 1.50. The van der Waals surface area contributed by atoms with Gasteiger partial charge in [-0.2, -0.15) is 0 Å². The van der Waals surface area contributed by atoms with E-state index < -0.39 is 28.6 Å². The summed E-state index contributed by atoms with van der Waals surface area (Å²) in [5.41, 5.74) is 1.50. The Hall–Kier alpha value is -2.92. The highest BCUT2D eigenvalue weighted by Gasteiger charge is 2.73. The van der Waals surface area contributed by atoms with Crippen molar-refractivity contribution in [2.24, 2.45) is 11.8 Å². The third-order valence-electron chi connectivity index (χ3n) is 7.51. The highest BCUT2D eigenvalue weighted by Crippen LogP contribution is 2.66. The van der Waals surface area contributed by atoms with E-state index in [2.05, 4.69) is 16.9 Å². The van der Waals surface area contributed by atoms with Crippen LogP contribution in [0.25, 0.3) is 11.0 Å². The molecule has 4 heterocycles. The number of carbonyl (C=O) groups excluding carboxylic acids is 2. The number of carboxylic acid groups (broad SMARTS) is 1. The fraction of sp³-hybridized carbons (Fsp3) is 0.542. The molecule has 1 spiro atoms. The standard InChI is InChI=1S/C24H29N5O5S/c1-2-11-27(14-29-16-8-4-3-7-15(16)25-26-29)22(32)20-24-10-9-17(35-24)18(23(33)34)19(24)21(31)28(20)12-5-6-13-30/h2-4,7-8,17-20,30H,1,5-6,9-14H2,(H,33,34)/t17-,18+,19+,20?,24?/m1/s1. The molecule has 0 saturated carbocycles. The average Bonchev–Trinajstić information content (AvgIpc) is 3.58. The number of thioether (sulfide) groups is 1. The summed E-state index contributed by atoms with van der Waals surface area (Å²) in [6.07, 6.45) is 3.98. The fourth-order valence-corrected chi connectivity index (χ4v) is 8.28. The average molecular weight is 500 g/mol. The van der Waals surface area contributed by atoms with E-state index in [0.29, 0.717) is 37.7 Å². The first kappa shape index (κ1) is 23.8. The molecule has 2 bridgehead atoms. The molecule has 0 aliphatic carbocycles. The van der Waals surface area contributed by atoms with E-state index in [-0.39, 0.29) is 36.9 Å². The van der Waals surface area contributed by atoms with Crippen molar-refractivity contribution in [2.45, 2.75) is 48.4 Å². The molecule has 3 aliphatic heterocycles. The minimum Gasteiger partial charge on any atom is -0.481 e. The number of aliphatic carboxylic acids is 1. The zero-order valence-corrected chi connectivity index (χ0v) is 20.1. The molecule has 3 aliphatic rings. The summed E-state index contributed by atoms with van der Waals surface area (Å²) in [6.45, 7) is 4.50. The predicted molar refractivity (Wildman–Crippen MR) is 129 cm³/mol. The van der Waals surface area contributed by atoms with Gasteiger partial charge < -0.3 is 20.0 Å². The van der Waals surface area contributed by atoms with Crippen molar-refractivity contribution >= 4 is 40.6 Å². The Labute approximate surface area is 206 Å². The second-order valence-corrected chi connectivity index (χ2v) is 11.0. The summed E-state index contributed by atoms with van der Waals surface area (Å²) in [5, 5.41) is 27.4. The summed E-state index contributed by atoms with van der Waals surface area (Å²) in [5.74, 6) is -2.96. The first-order chi connectivity index (χ1) is 16.9. The van der Waals surface area contributed by atoms with Crippen LogP contribution < -0.4 is 0 Å². The fourth-order valence-electron chi connectivity index (χ4n) is 6.08. The third-order valence-corrected chi connectivity index (χ3v) is 9.46. The van der Waals surface area contributed by atoms with Crippen LogP contribution in [0.5, 0.6) is 0 Å². The molecule has 35 heavy (non-hydrogen) atoms.